The first kappa shape index (κ1) is 12.2. The van der Waals surface area contributed by atoms with Gasteiger partial charge in [-0.25, -0.2) is 0 Å². The Labute approximate surface area is 111 Å². The van der Waals surface area contributed by atoms with Gasteiger partial charge in [-0.3, -0.25) is 5.10 Å². The molecule has 1 aromatic carbocycles. The van der Waals surface area contributed by atoms with Crippen LogP contribution in [0.4, 0.5) is 5.82 Å². The number of aromatic nitrogens is 2. The Bertz CT molecular complexity index is 592. The first-order valence-electron chi connectivity index (χ1n) is 6.27. The second-order valence-electron chi connectivity index (χ2n) is 5.10. The molecule has 100 valence electrons. The normalized spacial score (nSPS) is 21.7. The van der Waals surface area contributed by atoms with Crippen LogP contribution in [0.2, 0.25) is 0 Å². The second-order valence-corrected chi connectivity index (χ2v) is 5.10. The van der Waals surface area contributed by atoms with E-state index in [0.717, 1.165) is 16.7 Å². The number of nitrogens with two attached hydrogens (primary N) is 1. The SMILES string of the molecule is CC1(C)OCC(c2ccccc2-c2cn[nH]c2N)O1. The van der Waals surface area contributed by atoms with Crippen LogP contribution >= 0.6 is 0 Å². The third-order valence-electron chi connectivity index (χ3n) is 3.28. The molecule has 0 spiro atoms. The van der Waals surface area contributed by atoms with E-state index in [2.05, 4.69) is 10.2 Å². The van der Waals surface area contributed by atoms with E-state index in [0.29, 0.717) is 12.4 Å². The molecule has 5 nitrogen and oxygen atoms in total. The fraction of sp³-hybridized carbons (Fsp3) is 0.357. The first-order valence-corrected chi connectivity index (χ1v) is 6.27. The highest BCUT2D eigenvalue weighted by Crippen LogP contribution is 2.38. The lowest BCUT2D eigenvalue weighted by atomic mass is 9.98. The summed E-state index contributed by atoms with van der Waals surface area (Å²) in [6.45, 7) is 4.38. The molecule has 1 aliphatic heterocycles. The summed E-state index contributed by atoms with van der Waals surface area (Å²) in [4.78, 5) is 0. The van der Waals surface area contributed by atoms with E-state index in [1.165, 1.54) is 0 Å². The first-order chi connectivity index (χ1) is 9.07. The number of hydrogen-bond acceptors (Lipinski definition) is 4. The number of nitrogens with zero attached hydrogens (tertiary/aromatic N) is 1. The van der Waals surface area contributed by atoms with Crippen LogP contribution in [0.1, 0.15) is 25.5 Å². The Balaban J connectivity index is 2.02. The van der Waals surface area contributed by atoms with E-state index >= 15 is 0 Å². The summed E-state index contributed by atoms with van der Waals surface area (Å²) in [5.74, 6) is 0.0188. The molecule has 3 N–H and O–H groups in total. The minimum absolute atomic E-state index is 0.0829. The van der Waals surface area contributed by atoms with Gasteiger partial charge in [0.25, 0.3) is 0 Å². The highest BCUT2D eigenvalue weighted by atomic mass is 16.7. The molecule has 1 saturated heterocycles. The Kier molecular flexibility index (Phi) is 2.80. The van der Waals surface area contributed by atoms with Gasteiger partial charge in [0.05, 0.1) is 12.8 Å². The number of aromatic amines is 1. The summed E-state index contributed by atoms with van der Waals surface area (Å²) in [6, 6.07) is 8.03. The molecule has 0 amide bonds. The number of hydrogen-bond donors (Lipinski definition) is 2. The van der Waals surface area contributed by atoms with Crippen molar-refractivity contribution in [3.05, 3.63) is 36.0 Å². The van der Waals surface area contributed by atoms with Crippen LogP contribution in [0, 0.1) is 0 Å². The Morgan fingerprint density at radius 3 is 2.74 bits per heavy atom. The smallest absolute Gasteiger partial charge is 0.163 e. The quantitative estimate of drug-likeness (QED) is 0.869. The van der Waals surface area contributed by atoms with E-state index in [4.69, 9.17) is 15.2 Å². The third-order valence-corrected chi connectivity index (χ3v) is 3.28. The summed E-state index contributed by atoms with van der Waals surface area (Å²) >= 11 is 0. The minimum atomic E-state index is -0.542. The van der Waals surface area contributed by atoms with E-state index in [9.17, 15) is 0 Å². The molecule has 1 aromatic heterocycles. The second kappa shape index (κ2) is 4.36. The highest BCUT2D eigenvalue weighted by Gasteiger charge is 2.34. The Hall–Kier alpha value is -1.85. The van der Waals surface area contributed by atoms with Gasteiger partial charge in [-0.2, -0.15) is 5.10 Å². The van der Waals surface area contributed by atoms with Crippen LogP contribution in [-0.4, -0.2) is 22.6 Å². The van der Waals surface area contributed by atoms with Gasteiger partial charge in [-0.1, -0.05) is 24.3 Å². The molecule has 19 heavy (non-hydrogen) atoms. The van der Waals surface area contributed by atoms with Gasteiger partial charge in [0, 0.05) is 5.56 Å². The number of H-pyrrole nitrogens is 1. The van der Waals surface area contributed by atoms with Crippen molar-refractivity contribution >= 4 is 5.82 Å². The van der Waals surface area contributed by atoms with Crippen LogP contribution in [-0.2, 0) is 9.47 Å². The fourth-order valence-corrected chi connectivity index (χ4v) is 2.37. The third kappa shape index (κ3) is 2.22. The summed E-state index contributed by atoms with van der Waals surface area (Å²) in [6.07, 6.45) is 1.65. The van der Waals surface area contributed by atoms with Crippen molar-refractivity contribution in [1.29, 1.82) is 0 Å². The lowest BCUT2D eigenvalue weighted by Gasteiger charge is -2.18. The lowest BCUT2D eigenvalue weighted by Crippen LogP contribution is -2.19. The predicted octanol–water partition coefficient (Wildman–Crippen LogP) is 2.48. The van der Waals surface area contributed by atoms with Gasteiger partial charge in [-0.05, 0) is 25.0 Å². The van der Waals surface area contributed by atoms with Crippen LogP contribution in [0.3, 0.4) is 0 Å². The van der Waals surface area contributed by atoms with Gasteiger partial charge < -0.3 is 15.2 Å². The maximum absolute atomic E-state index is 5.92. The molecule has 0 radical (unpaired) electrons. The van der Waals surface area contributed by atoms with E-state index in [1.54, 1.807) is 6.20 Å². The molecule has 5 heteroatoms. The maximum atomic E-state index is 5.92. The van der Waals surface area contributed by atoms with Crippen molar-refractivity contribution in [3.8, 4) is 11.1 Å². The summed E-state index contributed by atoms with van der Waals surface area (Å²) in [7, 11) is 0. The van der Waals surface area contributed by atoms with Gasteiger partial charge in [0.2, 0.25) is 0 Å². The predicted molar refractivity (Wildman–Crippen MR) is 72.3 cm³/mol. The van der Waals surface area contributed by atoms with E-state index in [-0.39, 0.29) is 6.10 Å². The summed E-state index contributed by atoms with van der Waals surface area (Å²) < 4.78 is 11.6. The zero-order chi connectivity index (χ0) is 13.5. The molecule has 1 aliphatic rings. The number of anilines is 1. The van der Waals surface area contributed by atoms with Crippen LogP contribution in [0.5, 0.6) is 0 Å². The van der Waals surface area contributed by atoms with E-state index < -0.39 is 5.79 Å². The van der Waals surface area contributed by atoms with Gasteiger partial charge in [0.15, 0.2) is 5.79 Å². The Morgan fingerprint density at radius 1 is 1.32 bits per heavy atom. The van der Waals surface area contributed by atoms with Gasteiger partial charge in [0.1, 0.15) is 11.9 Å². The van der Waals surface area contributed by atoms with Crippen LogP contribution in [0.15, 0.2) is 30.5 Å². The van der Waals surface area contributed by atoms with Crippen LogP contribution in [0.25, 0.3) is 11.1 Å². The number of ether oxygens (including phenoxy) is 2. The van der Waals surface area contributed by atoms with Gasteiger partial charge in [-0.15, -0.1) is 0 Å². The van der Waals surface area contributed by atoms with Crippen molar-refractivity contribution in [1.82, 2.24) is 10.2 Å². The monoisotopic (exact) mass is 259 g/mol. The zero-order valence-electron chi connectivity index (χ0n) is 11.0. The maximum Gasteiger partial charge on any atom is 0.163 e. The average molecular weight is 259 g/mol. The number of rotatable bonds is 2. The largest absolute Gasteiger partial charge is 0.384 e. The molecule has 0 saturated carbocycles. The number of benzene rings is 1. The average Bonchev–Trinajstić information content (AvgIpc) is 2.95. The topological polar surface area (TPSA) is 73.2 Å². The molecule has 0 aliphatic carbocycles. The number of nitrogen functional groups attached to an aromatic ring is 1. The molecular formula is C14H17N3O2. The molecule has 2 aromatic rings. The van der Waals surface area contributed by atoms with E-state index in [1.807, 2.05) is 38.1 Å². The zero-order valence-corrected chi connectivity index (χ0v) is 11.0. The fourth-order valence-electron chi connectivity index (χ4n) is 2.37. The molecule has 1 atom stereocenters. The van der Waals surface area contributed by atoms with Crippen molar-refractivity contribution in [2.75, 3.05) is 12.3 Å². The molecule has 0 bridgehead atoms. The van der Waals surface area contributed by atoms with Crippen molar-refractivity contribution in [3.63, 3.8) is 0 Å². The lowest BCUT2D eigenvalue weighted by molar-refractivity contribution is -0.139. The molecule has 1 unspecified atom stereocenters. The number of nitrogens with one attached hydrogen (secondary N) is 1. The summed E-state index contributed by atoms with van der Waals surface area (Å²) in [5, 5.41) is 6.73. The molecular weight excluding hydrogens is 242 g/mol. The molecule has 2 heterocycles. The highest BCUT2D eigenvalue weighted by molar-refractivity contribution is 5.76. The van der Waals surface area contributed by atoms with Crippen molar-refractivity contribution in [2.24, 2.45) is 0 Å². The standard InChI is InChI=1S/C14H17N3O2/c1-14(2)18-8-12(19-14)10-6-4-3-5-9(10)11-7-16-17-13(11)15/h3-7,12H,8H2,1-2H3,(H3,15,16,17). The molecule has 3 rings (SSSR count). The van der Waals surface area contributed by atoms with Crippen molar-refractivity contribution in [2.45, 2.75) is 25.7 Å². The Morgan fingerprint density at radius 2 is 2.11 bits per heavy atom. The van der Waals surface area contributed by atoms with Crippen molar-refractivity contribution < 1.29 is 9.47 Å². The summed E-state index contributed by atoms with van der Waals surface area (Å²) in [5.41, 5.74) is 8.89. The van der Waals surface area contributed by atoms with Gasteiger partial charge >= 0.3 is 0 Å². The molecule has 1 fully saturated rings. The van der Waals surface area contributed by atoms with Crippen LogP contribution < -0.4 is 5.73 Å². The minimum Gasteiger partial charge on any atom is -0.384 e.